The quantitative estimate of drug-likeness (QED) is 0.683. The maximum atomic E-state index is 12.5. The number of aryl methyl sites for hydroxylation is 1. The molecule has 0 aliphatic heterocycles. The number of ether oxygens (including phenoxy) is 2. The number of benzene rings is 2. The van der Waals surface area contributed by atoms with Crippen molar-refractivity contribution in [1.82, 2.24) is 5.32 Å². The van der Waals surface area contributed by atoms with Crippen LogP contribution in [0.4, 0.5) is 5.69 Å². The van der Waals surface area contributed by atoms with E-state index in [1.165, 1.54) is 24.3 Å². The van der Waals surface area contributed by atoms with E-state index in [2.05, 4.69) is 10.0 Å². The Kier molecular flexibility index (Phi) is 7.20. The van der Waals surface area contributed by atoms with Gasteiger partial charge in [-0.3, -0.25) is 9.52 Å². The minimum atomic E-state index is -3.70. The fourth-order valence-corrected chi connectivity index (χ4v) is 3.49. The topological polar surface area (TPSA) is 93.7 Å². The molecule has 0 radical (unpaired) electrons. The monoisotopic (exact) mass is 392 g/mol. The fourth-order valence-electron chi connectivity index (χ4n) is 2.36. The molecular weight excluding hydrogens is 368 g/mol. The third-order valence-corrected chi connectivity index (χ3v) is 5.10. The molecule has 0 unspecified atom stereocenters. The number of carbonyl (C=O) groups excluding carboxylic acids is 1. The number of nitrogens with one attached hydrogen (secondary N) is 2. The molecule has 8 heteroatoms. The highest BCUT2D eigenvalue weighted by Crippen LogP contribution is 2.21. The van der Waals surface area contributed by atoms with Crippen molar-refractivity contribution in [1.29, 1.82) is 0 Å². The van der Waals surface area contributed by atoms with Crippen LogP contribution in [-0.4, -0.2) is 40.7 Å². The van der Waals surface area contributed by atoms with E-state index in [4.69, 9.17) is 9.47 Å². The highest BCUT2D eigenvalue weighted by molar-refractivity contribution is 7.92. The van der Waals surface area contributed by atoms with Gasteiger partial charge in [0.05, 0.1) is 17.2 Å². The Morgan fingerprint density at radius 2 is 1.78 bits per heavy atom. The van der Waals surface area contributed by atoms with Crippen LogP contribution in [0, 0.1) is 6.92 Å². The van der Waals surface area contributed by atoms with Gasteiger partial charge >= 0.3 is 0 Å². The van der Waals surface area contributed by atoms with Gasteiger partial charge in [-0.15, -0.1) is 0 Å². The number of methoxy groups -OCH3 is 1. The number of sulfonamides is 1. The first-order valence-corrected chi connectivity index (χ1v) is 9.90. The number of amides is 1. The molecule has 7 nitrogen and oxygen atoms in total. The molecule has 2 aromatic rings. The molecule has 1 amide bonds. The van der Waals surface area contributed by atoms with Crippen LogP contribution in [0.1, 0.15) is 12.5 Å². The second kappa shape index (κ2) is 9.38. The molecule has 0 bridgehead atoms. The molecule has 0 saturated carbocycles. The van der Waals surface area contributed by atoms with Crippen LogP contribution in [0.3, 0.4) is 0 Å². The fraction of sp³-hybridized carbons (Fsp3) is 0.316. The summed E-state index contributed by atoms with van der Waals surface area (Å²) in [6.45, 7) is 3.89. The smallest absolute Gasteiger partial charge is 0.261 e. The van der Waals surface area contributed by atoms with E-state index in [9.17, 15) is 13.2 Å². The minimum absolute atomic E-state index is 0.108. The first kappa shape index (κ1) is 20.7. The lowest BCUT2D eigenvalue weighted by molar-refractivity contribution is -0.124. The minimum Gasteiger partial charge on any atom is -0.484 e. The molecule has 0 saturated heterocycles. The summed E-state index contributed by atoms with van der Waals surface area (Å²) in [6, 6.07) is 12.9. The second-order valence-electron chi connectivity index (χ2n) is 6.10. The van der Waals surface area contributed by atoms with E-state index in [0.29, 0.717) is 18.0 Å². The lowest BCUT2D eigenvalue weighted by atomic mass is 10.2. The van der Waals surface area contributed by atoms with Crippen molar-refractivity contribution in [3.05, 3.63) is 54.1 Å². The largest absolute Gasteiger partial charge is 0.484 e. The van der Waals surface area contributed by atoms with Crippen molar-refractivity contribution in [2.45, 2.75) is 24.8 Å². The second-order valence-corrected chi connectivity index (χ2v) is 7.79. The molecular formula is C19H24N2O5S. The average Bonchev–Trinajstić information content (AvgIpc) is 2.62. The number of anilines is 1. The molecule has 2 rings (SSSR count). The average molecular weight is 392 g/mol. The highest BCUT2D eigenvalue weighted by atomic mass is 32.2. The van der Waals surface area contributed by atoms with Gasteiger partial charge in [0.2, 0.25) is 0 Å². The van der Waals surface area contributed by atoms with Crippen molar-refractivity contribution in [3.63, 3.8) is 0 Å². The summed E-state index contributed by atoms with van der Waals surface area (Å²) >= 11 is 0. The summed E-state index contributed by atoms with van der Waals surface area (Å²) in [5.41, 5.74) is 1.36. The van der Waals surface area contributed by atoms with Crippen molar-refractivity contribution in [2.75, 3.05) is 25.0 Å². The number of rotatable bonds is 9. The molecule has 2 N–H and O–H groups in total. The standard InChI is InChI=1S/C19H24N2O5S/c1-14-6-4-5-7-18(14)21-27(23,24)17-10-8-16(9-11-17)26-13-19(22)20-15(2)12-25-3/h4-11,15,21H,12-13H2,1-3H3,(H,20,22)/t15-/m0/s1. The van der Waals surface area contributed by atoms with Gasteiger partial charge in [0.1, 0.15) is 5.75 Å². The summed E-state index contributed by atoms with van der Waals surface area (Å²) in [5.74, 6) is 0.122. The number of hydrogen-bond acceptors (Lipinski definition) is 5. The van der Waals surface area contributed by atoms with Gasteiger partial charge in [-0.05, 0) is 49.7 Å². The van der Waals surface area contributed by atoms with Gasteiger partial charge in [0.25, 0.3) is 15.9 Å². The van der Waals surface area contributed by atoms with Gasteiger partial charge < -0.3 is 14.8 Å². The van der Waals surface area contributed by atoms with E-state index in [1.54, 1.807) is 19.2 Å². The Bertz CT molecular complexity index is 866. The maximum absolute atomic E-state index is 12.5. The summed E-state index contributed by atoms with van der Waals surface area (Å²) in [6.07, 6.45) is 0. The molecule has 146 valence electrons. The Morgan fingerprint density at radius 3 is 2.41 bits per heavy atom. The van der Waals surface area contributed by atoms with E-state index >= 15 is 0 Å². The summed E-state index contributed by atoms with van der Waals surface area (Å²) in [7, 11) is -2.15. The predicted molar refractivity (Wildman–Crippen MR) is 103 cm³/mol. The molecule has 0 spiro atoms. The summed E-state index contributed by atoms with van der Waals surface area (Å²) < 4.78 is 37.9. The van der Waals surface area contributed by atoms with Gasteiger partial charge in [0, 0.05) is 13.2 Å². The molecule has 0 fully saturated rings. The van der Waals surface area contributed by atoms with Crippen LogP contribution >= 0.6 is 0 Å². The molecule has 2 aromatic carbocycles. The zero-order chi connectivity index (χ0) is 19.9. The van der Waals surface area contributed by atoms with Crippen LogP contribution in [0.15, 0.2) is 53.4 Å². The first-order chi connectivity index (χ1) is 12.8. The summed E-state index contributed by atoms with van der Waals surface area (Å²) in [4.78, 5) is 11.9. The Morgan fingerprint density at radius 1 is 1.11 bits per heavy atom. The molecule has 0 aromatic heterocycles. The Balaban J connectivity index is 1.96. The zero-order valence-corrected chi connectivity index (χ0v) is 16.4. The van der Waals surface area contributed by atoms with Crippen molar-refractivity contribution >= 4 is 21.6 Å². The molecule has 0 aliphatic rings. The Labute approximate surface area is 159 Å². The van der Waals surface area contributed by atoms with Crippen molar-refractivity contribution < 1.29 is 22.7 Å². The van der Waals surface area contributed by atoms with E-state index in [1.807, 2.05) is 26.0 Å². The maximum Gasteiger partial charge on any atom is 0.261 e. The van der Waals surface area contributed by atoms with Gasteiger partial charge in [-0.2, -0.15) is 0 Å². The van der Waals surface area contributed by atoms with Gasteiger partial charge in [-0.1, -0.05) is 18.2 Å². The SMILES string of the molecule is COC[C@H](C)NC(=O)COc1ccc(S(=O)(=O)Nc2ccccc2C)cc1. The zero-order valence-electron chi connectivity index (χ0n) is 15.6. The highest BCUT2D eigenvalue weighted by Gasteiger charge is 2.15. The third-order valence-electron chi connectivity index (χ3n) is 3.72. The van der Waals surface area contributed by atoms with Crippen molar-refractivity contribution in [2.24, 2.45) is 0 Å². The number of para-hydroxylation sites is 1. The van der Waals surface area contributed by atoms with E-state index in [-0.39, 0.29) is 23.5 Å². The lowest BCUT2D eigenvalue weighted by Gasteiger charge is -2.13. The number of hydrogen-bond donors (Lipinski definition) is 2. The molecule has 0 heterocycles. The van der Waals surface area contributed by atoms with Crippen LogP contribution < -0.4 is 14.8 Å². The lowest BCUT2D eigenvalue weighted by Crippen LogP contribution is -2.38. The van der Waals surface area contributed by atoms with Gasteiger partial charge in [-0.25, -0.2) is 8.42 Å². The van der Waals surface area contributed by atoms with E-state index < -0.39 is 10.0 Å². The molecule has 1 atom stereocenters. The normalized spacial score (nSPS) is 12.3. The predicted octanol–water partition coefficient (Wildman–Crippen LogP) is 2.33. The number of carbonyl (C=O) groups is 1. The van der Waals surface area contributed by atoms with Crippen LogP contribution in [0.2, 0.25) is 0 Å². The van der Waals surface area contributed by atoms with Gasteiger partial charge in [0.15, 0.2) is 6.61 Å². The molecule has 27 heavy (non-hydrogen) atoms. The van der Waals surface area contributed by atoms with Crippen LogP contribution in [0.5, 0.6) is 5.75 Å². The Hall–Kier alpha value is -2.58. The third kappa shape index (κ3) is 6.26. The van der Waals surface area contributed by atoms with Crippen LogP contribution in [0.25, 0.3) is 0 Å². The van der Waals surface area contributed by atoms with E-state index in [0.717, 1.165) is 5.56 Å². The van der Waals surface area contributed by atoms with Crippen LogP contribution in [-0.2, 0) is 19.6 Å². The van der Waals surface area contributed by atoms with Crippen molar-refractivity contribution in [3.8, 4) is 5.75 Å². The molecule has 0 aliphatic carbocycles. The first-order valence-electron chi connectivity index (χ1n) is 8.41. The summed E-state index contributed by atoms with van der Waals surface area (Å²) in [5, 5.41) is 2.72.